The number of carboxylic acids is 1. The van der Waals surface area contributed by atoms with Gasteiger partial charge < -0.3 is 25.0 Å². The molecule has 3 aliphatic heterocycles. The highest BCUT2D eigenvalue weighted by molar-refractivity contribution is 5.80. The highest BCUT2D eigenvalue weighted by Crippen LogP contribution is 2.29. The second kappa shape index (κ2) is 9.25. The lowest BCUT2D eigenvalue weighted by molar-refractivity contribution is -0.139. The van der Waals surface area contributed by atoms with E-state index in [0.717, 1.165) is 55.9 Å². The van der Waals surface area contributed by atoms with Crippen LogP contribution >= 0.6 is 0 Å². The highest BCUT2D eigenvalue weighted by atomic mass is 16.5. The number of carbonyl (C=O) groups is 2. The van der Waals surface area contributed by atoms with Gasteiger partial charge in [-0.2, -0.15) is 0 Å². The van der Waals surface area contributed by atoms with Crippen LogP contribution in [0.2, 0.25) is 0 Å². The summed E-state index contributed by atoms with van der Waals surface area (Å²) in [5.41, 5.74) is 3.73. The van der Waals surface area contributed by atoms with E-state index in [0.29, 0.717) is 37.6 Å². The van der Waals surface area contributed by atoms with Gasteiger partial charge in [-0.15, -0.1) is 0 Å². The van der Waals surface area contributed by atoms with Crippen LogP contribution in [-0.4, -0.2) is 76.2 Å². The quantitative estimate of drug-likeness (QED) is 0.634. The van der Waals surface area contributed by atoms with Crippen molar-refractivity contribution in [3.8, 4) is 5.75 Å². The van der Waals surface area contributed by atoms with Crippen LogP contribution < -0.4 is 10.1 Å². The van der Waals surface area contributed by atoms with Crippen LogP contribution in [0.4, 0.5) is 10.6 Å². The number of hydrogen-bond acceptors (Lipinski definition) is 6. The number of pyridine rings is 2. The minimum atomic E-state index is -0.965. The first-order valence-electron chi connectivity index (χ1n) is 11.7. The predicted molar refractivity (Wildman–Crippen MR) is 122 cm³/mol. The van der Waals surface area contributed by atoms with E-state index in [1.54, 1.807) is 22.1 Å². The second-order valence-electron chi connectivity index (χ2n) is 8.86. The summed E-state index contributed by atoms with van der Waals surface area (Å²) in [5, 5.41) is 13.2. The lowest BCUT2D eigenvalue weighted by Crippen LogP contribution is -2.36. The number of nitrogens with one attached hydrogen (secondary N) is 1. The Bertz CT molecular complexity index is 1060. The zero-order valence-corrected chi connectivity index (χ0v) is 18.6. The van der Waals surface area contributed by atoms with E-state index in [-0.39, 0.29) is 12.6 Å². The van der Waals surface area contributed by atoms with Crippen molar-refractivity contribution in [3.05, 3.63) is 46.9 Å². The van der Waals surface area contributed by atoms with Gasteiger partial charge >= 0.3 is 12.0 Å². The molecule has 2 amide bonds. The molecule has 174 valence electrons. The molecule has 9 nitrogen and oxygen atoms in total. The highest BCUT2D eigenvalue weighted by Gasteiger charge is 2.33. The molecule has 0 radical (unpaired) electrons. The van der Waals surface area contributed by atoms with Crippen LogP contribution in [0.15, 0.2) is 24.4 Å². The predicted octanol–water partition coefficient (Wildman–Crippen LogP) is 2.31. The van der Waals surface area contributed by atoms with Gasteiger partial charge in [0.25, 0.3) is 0 Å². The fourth-order valence-corrected chi connectivity index (χ4v) is 4.76. The van der Waals surface area contributed by atoms with Crippen LogP contribution in [0, 0.1) is 0 Å². The van der Waals surface area contributed by atoms with Gasteiger partial charge in [0.15, 0.2) is 0 Å². The largest absolute Gasteiger partial charge is 0.491 e. The molecule has 0 aliphatic carbocycles. The summed E-state index contributed by atoms with van der Waals surface area (Å²) in [6.45, 7) is 3.43. The molecule has 0 aromatic carbocycles. The van der Waals surface area contributed by atoms with Crippen LogP contribution in [0.3, 0.4) is 0 Å². The monoisotopic (exact) mass is 451 g/mol. The third-order valence-electron chi connectivity index (χ3n) is 6.65. The minimum Gasteiger partial charge on any atom is -0.491 e. The second-order valence-corrected chi connectivity index (χ2v) is 8.86. The maximum Gasteiger partial charge on any atom is 0.320 e. The molecule has 5 heterocycles. The van der Waals surface area contributed by atoms with Crippen LogP contribution in [0.5, 0.6) is 5.75 Å². The minimum absolute atomic E-state index is 0.105. The standard InChI is InChI=1S/C24H29N5O4/c30-23(31)19(17-13-21-20(26-14-17)7-12-33-21)15-29-11-10-28(24(29)32)9-2-4-18-6-5-16-3-1-8-25-22(16)27-18/h5-6,13-14,19H,1-4,7-12,15H2,(H,25,27)(H,30,31)/t19-/m0/s1. The van der Waals surface area contributed by atoms with E-state index in [2.05, 4.69) is 22.4 Å². The molecule has 3 aliphatic rings. The van der Waals surface area contributed by atoms with Crippen molar-refractivity contribution in [2.24, 2.45) is 0 Å². The number of fused-ring (bicyclic) bond motifs is 2. The van der Waals surface area contributed by atoms with E-state index in [1.165, 1.54) is 5.56 Å². The Morgan fingerprint density at radius 3 is 3.00 bits per heavy atom. The first-order valence-corrected chi connectivity index (χ1v) is 11.7. The van der Waals surface area contributed by atoms with Gasteiger partial charge in [0.2, 0.25) is 0 Å². The van der Waals surface area contributed by atoms with Gasteiger partial charge in [-0.3, -0.25) is 9.78 Å². The Labute approximate surface area is 192 Å². The summed E-state index contributed by atoms with van der Waals surface area (Å²) in [6.07, 6.45) is 6.17. The summed E-state index contributed by atoms with van der Waals surface area (Å²) >= 11 is 0. The van der Waals surface area contributed by atoms with Gasteiger partial charge in [0.05, 0.1) is 12.3 Å². The van der Waals surface area contributed by atoms with Crippen molar-refractivity contribution >= 4 is 17.8 Å². The fraction of sp³-hybridized carbons (Fsp3) is 0.500. The van der Waals surface area contributed by atoms with Crippen molar-refractivity contribution in [1.29, 1.82) is 0 Å². The van der Waals surface area contributed by atoms with E-state index >= 15 is 0 Å². The van der Waals surface area contributed by atoms with Crippen molar-refractivity contribution in [1.82, 2.24) is 19.8 Å². The van der Waals surface area contributed by atoms with Crippen LogP contribution in [-0.2, 0) is 24.1 Å². The number of aromatic nitrogens is 2. The Kier molecular flexibility index (Phi) is 6.02. The van der Waals surface area contributed by atoms with Crippen LogP contribution in [0.1, 0.15) is 41.3 Å². The van der Waals surface area contributed by atoms with Crippen molar-refractivity contribution < 1.29 is 19.4 Å². The number of anilines is 1. The number of hydrogen-bond donors (Lipinski definition) is 2. The van der Waals surface area contributed by atoms with Crippen molar-refractivity contribution in [2.75, 3.05) is 44.6 Å². The van der Waals surface area contributed by atoms with E-state index in [1.807, 2.05) is 0 Å². The van der Waals surface area contributed by atoms with Gasteiger partial charge in [-0.25, -0.2) is 9.78 Å². The Morgan fingerprint density at radius 1 is 1.24 bits per heavy atom. The van der Waals surface area contributed by atoms with Gasteiger partial charge in [0, 0.05) is 51.0 Å². The van der Waals surface area contributed by atoms with Gasteiger partial charge in [-0.1, -0.05) is 6.07 Å². The third-order valence-corrected chi connectivity index (χ3v) is 6.65. The molecule has 1 saturated heterocycles. The average molecular weight is 452 g/mol. The number of rotatable bonds is 8. The summed E-state index contributed by atoms with van der Waals surface area (Å²) in [4.78, 5) is 37.4. The Morgan fingerprint density at radius 2 is 2.12 bits per heavy atom. The van der Waals surface area contributed by atoms with E-state index in [4.69, 9.17) is 9.72 Å². The molecule has 0 spiro atoms. The number of carbonyl (C=O) groups excluding carboxylic acids is 1. The maximum absolute atomic E-state index is 12.9. The van der Waals surface area contributed by atoms with E-state index < -0.39 is 11.9 Å². The molecule has 1 atom stereocenters. The Hall–Kier alpha value is -3.36. The topological polar surface area (TPSA) is 108 Å². The fourth-order valence-electron chi connectivity index (χ4n) is 4.76. The van der Waals surface area contributed by atoms with Crippen LogP contribution in [0.25, 0.3) is 0 Å². The van der Waals surface area contributed by atoms with Crippen molar-refractivity contribution in [2.45, 2.75) is 38.0 Å². The lowest BCUT2D eigenvalue weighted by Gasteiger charge is -2.22. The molecule has 2 N–H and O–H groups in total. The van der Waals surface area contributed by atoms with Gasteiger partial charge in [-0.05, 0) is 48.9 Å². The number of aryl methyl sites for hydroxylation is 2. The number of nitrogens with zero attached hydrogens (tertiary/aromatic N) is 4. The van der Waals surface area contributed by atoms with E-state index in [9.17, 15) is 14.7 Å². The molecule has 33 heavy (non-hydrogen) atoms. The maximum atomic E-state index is 12.9. The smallest absolute Gasteiger partial charge is 0.320 e. The molecule has 0 saturated carbocycles. The molecular formula is C24H29N5O4. The number of carboxylic acid groups (broad SMARTS) is 1. The Balaban J connectivity index is 1.16. The number of ether oxygens (including phenoxy) is 1. The zero-order chi connectivity index (χ0) is 22.8. The third kappa shape index (κ3) is 4.58. The SMILES string of the molecule is O=C(O)[C@@H](CN1CCN(CCCc2ccc3c(n2)NCCC3)C1=O)c1cnc2c(c1)OCC2. The summed E-state index contributed by atoms with van der Waals surface area (Å²) in [5.74, 6) is -0.149. The number of urea groups is 1. The average Bonchev–Trinajstić information content (AvgIpc) is 3.43. The molecule has 5 rings (SSSR count). The molecule has 2 aromatic heterocycles. The van der Waals surface area contributed by atoms with Gasteiger partial charge in [0.1, 0.15) is 17.5 Å². The first-order chi connectivity index (χ1) is 16.1. The molecule has 1 fully saturated rings. The molecule has 0 bridgehead atoms. The summed E-state index contributed by atoms with van der Waals surface area (Å²) < 4.78 is 5.54. The van der Waals surface area contributed by atoms with Crippen molar-refractivity contribution in [3.63, 3.8) is 0 Å². The molecular weight excluding hydrogens is 422 g/mol. The lowest BCUT2D eigenvalue weighted by atomic mass is 10.00. The summed E-state index contributed by atoms with van der Waals surface area (Å²) in [7, 11) is 0. The molecule has 9 heteroatoms. The normalized spacial score (nSPS) is 17.9. The molecule has 2 aromatic rings. The molecule has 0 unspecified atom stereocenters. The zero-order valence-electron chi connectivity index (χ0n) is 18.6. The number of amides is 2. The first kappa shape index (κ1) is 21.5. The number of aliphatic carboxylic acids is 1. The summed E-state index contributed by atoms with van der Waals surface area (Å²) in [6, 6.07) is 5.88.